The lowest BCUT2D eigenvalue weighted by Crippen LogP contribution is -2.43. The number of anilines is 1. The molecular weight excluding hydrogens is 462 g/mol. The highest BCUT2D eigenvalue weighted by Crippen LogP contribution is 2.29. The summed E-state index contributed by atoms with van der Waals surface area (Å²) in [5.41, 5.74) is 3.73. The third-order valence-electron chi connectivity index (χ3n) is 6.26. The van der Waals surface area contributed by atoms with Crippen molar-refractivity contribution in [2.45, 2.75) is 26.3 Å². The molecule has 8 heteroatoms. The first-order valence-corrected chi connectivity index (χ1v) is 12.3. The van der Waals surface area contributed by atoms with Crippen LogP contribution in [-0.4, -0.2) is 40.2 Å². The van der Waals surface area contributed by atoms with E-state index in [-0.39, 0.29) is 11.8 Å². The maximum atomic E-state index is 13.0. The summed E-state index contributed by atoms with van der Waals surface area (Å²) in [6, 6.07) is 17.5. The molecule has 0 spiro atoms. The van der Waals surface area contributed by atoms with Gasteiger partial charge in [0.2, 0.25) is 5.91 Å². The SMILES string of the molecule is CCOc1cccc(CNC(=O)C2CCCN(c3nccn4nc(-c5cccc(Cl)c5)cc34)C2)c1. The number of nitrogens with one attached hydrogen (secondary N) is 1. The molecule has 1 aliphatic heterocycles. The maximum absolute atomic E-state index is 13.0. The molecule has 0 aliphatic carbocycles. The zero-order chi connectivity index (χ0) is 24.2. The van der Waals surface area contributed by atoms with Crippen molar-refractivity contribution in [2.24, 2.45) is 5.92 Å². The van der Waals surface area contributed by atoms with Gasteiger partial charge >= 0.3 is 0 Å². The second kappa shape index (κ2) is 10.4. The molecule has 5 rings (SSSR count). The lowest BCUT2D eigenvalue weighted by molar-refractivity contribution is -0.125. The highest BCUT2D eigenvalue weighted by molar-refractivity contribution is 6.30. The number of piperidine rings is 1. The summed E-state index contributed by atoms with van der Waals surface area (Å²) in [6.07, 6.45) is 5.39. The Morgan fingerprint density at radius 3 is 2.94 bits per heavy atom. The van der Waals surface area contributed by atoms with Crippen molar-refractivity contribution in [1.82, 2.24) is 19.9 Å². The van der Waals surface area contributed by atoms with Gasteiger partial charge in [-0.15, -0.1) is 0 Å². The molecule has 0 radical (unpaired) electrons. The van der Waals surface area contributed by atoms with E-state index in [1.54, 1.807) is 6.20 Å². The number of nitrogens with zero attached hydrogens (tertiary/aromatic N) is 4. The second-order valence-corrected chi connectivity index (χ2v) is 9.14. The molecule has 1 aliphatic rings. The van der Waals surface area contributed by atoms with Crippen LogP contribution >= 0.6 is 11.6 Å². The van der Waals surface area contributed by atoms with Crippen LogP contribution in [0.4, 0.5) is 5.82 Å². The first-order valence-electron chi connectivity index (χ1n) is 12.0. The fraction of sp³-hybridized carbons (Fsp3) is 0.296. The van der Waals surface area contributed by atoms with Gasteiger partial charge in [-0.3, -0.25) is 4.79 Å². The number of amides is 1. The van der Waals surface area contributed by atoms with Gasteiger partial charge in [0.25, 0.3) is 0 Å². The van der Waals surface area contributed by atoms with Gasteiger partial charge in [0, 0.05) is 42.6 Å². The topological polar surface area (TPSA) is 71.8 Å². The summed E-state index contributed by atoms with van der Waals surface area (Å²) in [6.45, 7) is 4.53. The number of hydrogen-bond donors (Lipinski definition) is 1. The first-order chi connectivity index (χ1) is 17.1. The smallest absolute Gasteiger partial charge is 0.225 e. The van der Waals surface area contributed by atoms with E-state index < -0.39 is 0 Å². The lowest BCUT2D eigenvalue weighted by atomic mass is 9.97. The minimum atomic E-state index is -0.101. The van der Waals surface area contributed by atoms with E-state index in [1.165, 1.54) is 0 Å². The average molecular weight is 490 g/mol. The Bertz CT molecular complexity index is 1340. The Kier molecular flexibility index (Phi) is 6.86. The van der Waals surface area contributed by atoms with Crippen LogP contribution in [0.25, 0.3) is 16.8 Å². The van der Waals surface area contributed by atoms with Crippen molar-refractivity contribution in [3.05, 3.63) is 77.6 Å². The molecule has 1 atom stereocenters. The summed E-state index contributed by atoms with van der Waals surface area (Å²) in [5, 5.41) is 8.50. The molecule has 1 unspecified atom stereocenters. The molecule has 2 aromatic heterocycles. The van der Waals surface area contributed by atoms with Gasteiger partial charge in [-0.05, 0) is 55.7 Å². The van der Waals surface area contributed by atoms with E-state index in [0.717, 1.165) is 53.3 Å². The van der Waals surface area contributed by atoms with Crippen LogP contribution in [0.15, 0.2) is 67.0 Å². The quantitative estimate of drug-likeness (QED) is 0.396. The van der Waals surface area contributed by atoms with Crippen LogP contribution in [0.3, 0.4) is 0 Å². The number of hydrogen-bond acceptors (Lipinski definition) is 5. The molecule has 1 amide bonds. The van der Waals surface area contributed by atoms with E-state index in [0.29, 0.717) is 24.7 Å². The Morgan fingerprint density at radius 1 is 1.20 bits per heavy atom. The molecule has 2 aromatic carbocycles. The summed E-state index contributed by atoms with van der Waals surface area (Å²) < 4.78 is 7.40. The maximum Gasteiger partial charge on any atom is 0.225 e. The minimum Gasteiger partial charge on any atom is -0.494 e. The van der Waals surface area contributed by atoms with Crippen LogP contribution in [0.5, 0.6) is 5.75 Å². The standard InChI is InChI=1S/C27H28ClN5O2/c1-2-35-23-10-3-6-19(14-23)17-30-27(34)21-8-5-12-32(18-21)26-25-16-24(31-33(25)13-11-29-26)20-7-4-9-22(28)15-20/h3-4,6-7,9-11,13-16,21H,2,5,8,12,17-18H2,1H3,(H,30,34). The molecule has 3 heterocycles. The highest BCUT2D eigenvalue weighted by Gasteiger charge is 2.27. The molecule has 0 bridgehead atoms. The second-order valence-electron chi connectivity index (χ2n) is 8.70. The van der Waals surface area contributed by atoms with Gasteiger partial charge in [-0.1, -0.05) is 35.9 Å². The van der Waals surface area contributed by atoms with E-state index in [2.05, 4.69) is 15.2 Å². The number of carbonyl (C=O) groups is 1. The summed E-state index contributed by atoms with van der Waals surface area (Å²) in [4.78, 5) is 19.9. The zero-order valence-corrected chi connectivity index (χ0v) is 20.4. The van der Waals surface area contributed by atoms with Gasteiger partial charge in [0.1, 0.15) is 11.3 Å². The van der Waals surface area contributed by atoms with Gasteiger partial charge in [-0.25, -0.2) is 9.50 Å². The van der Waals surface area contributed by atoms with Crippen LogP contribution in [-0.2, 0) is 11.3 Å². The monoisotopic (exact) mass is 489 g/mol. The molecule has 1 saturated heterocycles. The normalized spacial score (nSPS) is 15.8. The van der Waals surface area contributed by atoms with Gasteiger partial charge in [0.15, 0.2) is 5.82 Å². The van der Waals surface area contributed by atoms with Crippen molar-refractivity contribution >= 4 is 28.8 Å². The molecule has 7 nitrogen and oxygen atoms in total. The van der Waals surface area contributed by atoms with Gasteiger partial charge in [0.05, 0.1) is 18.2 Å². The molecular formula is C27H28ClN5O2. The predicted octanol–water partition coefficient (Wildman–Crippen LogP) is 4.98. The fourth-order valence-corrected chi connectivity index (χ4v) is 4.76. The molecule has 35 heavy (non-hydrogen) atoms. The number of benzene rings is 2. The van der Waals surface area contributed by atoms with E-state index >= 15 is 0 Å². The Hall–Kier alpha value is -3.58. The Balaban J connectivity index is 1.30. The third-order valence-corrected chi connectivity index (χ3v) is 6.49. The highest BCUT2D eigenvalue weighted by atomic mass is 35.5. The largest absolute Gasteiger partial charge is 0.494 e. The zero-order valence-electron chi connectivity index (χ0n) is 19.7. The van der Waals surface area contributed by atoms with Crippen molar-refractivity contribution in [2.75, 3.05) is 24.6 Å². The number of halogens is 1. The molecule has 4 aromatic rings. The van der Waals surface area contributed by atoms with Crippen LogP contribution in [0.1, 0.15) is 25.3 Å². The van der Waals surface area contributed by atoms with Crippen molar-refractivity contribution in [3.8, 4) is 17.0 Å². The first kappa shape index (κ1) is 23.2. The van der Waals surface area contributed by atoms with E-state index in [4.69, 9.17) is 21.4 Å². The molecule has 1 fully saturated rings. The van der Waals surface area contributed by atoms with Crippen LogP contribution < -0.4 is 15.0 Å². The average Bonchev–Trinajstić information content (AvgIpc) is 3.33. The minimum absolute atomic E-state index is 0.0663. The predicted molar refractivity (Wildman–Crippen MR) is 138 cm³/mol. The van der Waals surface area contributed by atoms with Gasteiger partial charge < -0.3 is 15.0 Å². The number of carbonyl (C=O) groups excluding carboxylic acids is 1. The van der Waals surface area contributed by atoms with Crippen molar-refractivity contribution in [3.63, 3.8) is 0 Å². The Morgan fingerprint density at radius 2 is 2.09 bits per heavy atom. The number of fused-ring (bicyclic) bond motifs is 1. The molecule has 1 N–H and O–H groups in total. The number of aromatic nitrogens is 3. The lowest BCUT2D eigenvalue weighted by Gasteiger charge is -2.33. The summed E-state index contributed by atoms with van der Waals surface area (Å²) in [7, 11) is 0. The van der Waals surface area contributed by atoms with Crippen LogP contribution in [0, 0.1) is 5.92 Å². The van der Waals surface area contributed by atoms with Crippen LogP contribution in [0.2, 0.25) is 5.02 Å². The van der Waals surface area contributed by atoms with Gasteiger partial charge in [-0.2, -0.15) is 5.10 Å². The summed E-state index contributed by atoms with van der Waals surface area (Å²) >= 11 is 6.18. The summed E-state index contributed by atoms with van der Waals surface area (Å²) in [5.74, 6) is 1.63. The van der Waals surface area contributed by atoms with E-state index in [1.807, 2.05) is 72.2 Å². The number of ether oxygens (including phenoxy) is 1. The Labute approximate surface area is 209 Å². The number of rotatable bonds is 7. The fourth-order valence-electron chi connectivity index (χ4n) is 4.57. The molecule has 0 saturated carbocycles. The van der Waals surface area contributed by atoms with E-state index in [9.17, 15) is 4.79 Å². The third kappa shape index (κ3) is 5.25. The van der Waals surface area contributed by atoms with Crippen molar-refractivity contribution in [1.29, 1.82) is 0 Å². The van der Waals surface area contributed by atoms with Crippen molar-refractivity contribution < 1.29 is 9.53 Å². The molecule has 180 valence electrons.